The van der Waals surface area contributed by atoms with Crippen LogP contribution in [0.15, 0.2) is 0 Å². The zero-order valence-corrected chi connectivity index (χ0v) is 12.3. The van der Waals surface area contributed by atoms with E-state index in [4.69, 9.17) is 5.11 Å². The van der Waals surface area contributed by atoms with Crippen molar-refractivity contribution >= 4 is 17.4 Å². The monoisotopic (exact) mass is 283 g/mol. The molecule has 106 valence electrons. The summed E-state index contributed by atoms with van der Waals surface area (Å²) < 4.78 is 0. The molecule has 0 aromatic carbocycles. The van der Waals surface area contributed by atoms with E-state index in [-0.39, 0.29) is 18.1 Å². The first-order chi connectivity index (χ1) is 9.04. The lowest BCUT2D eigenvalue weighted by Crippen LogP contribution is -2.40. The third-order valence-electron chi connectivity index (χ3n) is 3.55. The number of hydrogen-bond acceptors (Lipinski definition) is 4. The molecule has 1 heterocycles. The maximum Gasteiger partial charge on any atom is 0.314 e. The van der Waals surface area contributed by atoms with Crippen molar-refractivity contribution in [1.82, 2.24) is 15.6 Å². The van der Waals surface area contributed by atoms with Gasteiger partial charge in [0.2, 0.25) is 0 Å². The molecule has 1 aliphatic rings. The van der Waals surface area contributed by atoms with E-state index in [0.29, 0.717) is 13.1 Å². The number of urea groups is 1. The first kappa shape index (κ1) is 14.3. The van der Waals surface area contributed by atoms with E-state index >= 15 is 0 Å². The summed E-state index contributed by atoms with van der Waals surface area (Å²) in [6.45, 7) is 5.32. The van der Waals surface area contributed by atoms with Gasteiger partial charge in [0.25, 0.3) is 0 Å². The molecule has 1 aromatic heterocycles. The Morgan fingerprint density at radius 2 is 2.16 bits per heavy atom. The number of carbonyl (C=O) groups excluding carboxylic acids is 1. The quantitative estimate of drug-likeness (QED) is 0.738. The van der Waals surface area contributed by atoms with Crippen LogP contribution in [0.2, 0.25) is 0 Å². The highest BCUT2D eigenvalue weighted by atomic mass is 32.1. The van der Waals surface area contributed by atoms with Crippen molar-refractivity contribution in [2.24, 2.45) is 5.41 Å². The molecule has 0 bridgehead atoms. The number of rotatable bonds is 6. The molecule has 0 radical (unpaired) electrons. The Kier molecular flexibility index (Phi) is 4.42. The molecular weight excluding hydrogens is 262 g/mol. The molecule has 0 spiro atoms. The molecule has 6 heteroatoms. The van der Waals surface area contributed by atoms with Crippen molar-refractivity contribution in [3.05, 3.63) is 15.6 Å². The Morgan fingerprint density at radius 1 is 1.42 bits per heavy atom. The van der Waals surface area contributed by atoms with Crippen LogP contribution in [0.4, 0.5) is 4.79 Å². The minimum absolute atomic E-state index is 0.0390. The van der Waals surface area contributed by atoms with Crippen LogP contribution in [0.3, 0.4) is 0 Å². The van der Waals surface area contributed by atoms with Gasteiger partial charge in [-0.2, -0.15) is 0 Å². The van der Waals surface area contributed by atoms with Crippen LogP contribution < -0.4 is 10.6 Å². The fourth-order valence-electron chi connectivity index (χ4n) is 1.99. The smallest absolute Gasteiger partial charge is 0.314 e. The van der Waals surface area contributed by atoms with Gasteiger partial charge >= 0.3 is 6.03 Å². The number of nitrogens with zero attached hydrogens (tertiary/aromatic N) is 1. The average Bonchev–Trinajstić information content (AvgIpc) is 3.09. The van der Waals surface area contributed by atoms with Crippen LogP contribution in [0.5, 0.6) is 0 Å². The lowest BCUT2D eigenvalue weighted by Gasteiger charge is -2.13. The molecule has 2 amide bonds. The van der Waals surface area contributed by atoms with Crippen molar-refractivity contribution in [3.63, 3.8) is 0 Å². The summed E-state index contributed by atoms with van der Waals surface area (Å²) in [4.78, 5) is 17.2. The topological polar surface area (TPSA) is 74.2 Å². The maximum atomic E-state index is 11.6. The molecule has 5 nitrogen and oxygen atoms in total. The van der Waals surface area contributed by atoms with Crippen LogP contribution in [0.1, 0.15) is 28.4 Å². The first-order valence-electron chi connectivity index (χ1n) is 6.60. The molecule has 0 aliphatic heterocycles. The fraction of sp³-hybridized carbons (Fsp3) is 0.692. The van der Waals surface area contributed by atoms with E-state index < -0.39 is 0 Å². The molecule has 1 saturated carbocycles. The van der Waals surface area contributed by atoms with Crippen molar-refractivity contribution in [1.29, 1.82) is 0 Å². The van der Waals surface area contributed by atoms with Gasteiger partial charge in [-0.1, -0.05) is 0 Å². The second-order valence-electron chi connectivity index (χ2n) is 5.26. The predicted octanol–water partition coefficient (Wildman–Crippen LogP) is 1.37. The number of amides is 2. The Labute approximate surface area is 117 Å². The van der Waals surface area contributed by atoms with Crippen LogP contribution in [0, 0.1) is 19.3 Å². The highest BCUT2D eigenvalue weighted by Crippen LogP contribution is 2.44. The van der Waals surface area contributed by atoms with E-state index in [9.17, 15) is 4.79 Å². The van der Waals surface area contributed by atoms with Crippen LogP contribution in [-0.2, 0) is 6.42 Å². The molecule has 1 aromatic rings. The maximum absolute atomic E-state index is 11.6. The van der Waals surface area contributed by atoms with Crippen LogP contribution in [-0.4, -0.2) is 35.8 Å². The summed E-state index contributed by atoms with van der Waals surface area (Å²) in [7, 11) is 0. The van der Waals surface area contributed by atoms with Gasteiger partial charge in [0.1, 0.15) is 0 Å². The zero-order chi connectivity index (χ0) is 13.9. The average molecular weight is 283 g/mol. The minimum atomic E-state index is -0.154. The number of aliphatic hydroxyl groups is 1. The molecule has 0 saturated heterocycles. The van der Waals surface area contributed by atoms with E-state index in [1.54, 1.807) is 11.3 Å². The second kappa shape index (κ2) is 5.88. The summed E-state index contributed by atoms with van der Waals surface area (Å²) in [6.07, 6.45) is 2.82. The van der Waals surface area contributed by atoms with Crippen molar-refractivity contribution in [2.75, 3.05) is 19.7 Å². The van der Waals surface area contributed by atoms with E-state index in [1.165, 1.54) is 4.88 Å². The van der Waals surface area contributed by atoms with Crippen LogP contribution in [0.25, 0.3) is 0 Å². The molecule has 0 atom stereocenters. The summed E-state index contributed by atoms with van der Waals surface area (Å²) in [5, 5.41) is 15.9. The third-order valence-corrected chi connectivity index (χ3v) is 4.69. The van der Waals surface area contributed by atoms with Gasteiger partial charge in [0.05, 0.1) is 17.3 Å². The number of carbonyl (C=O) groups is 1. The van der Waals surface area contributed by atoms with Gasteiger partial charge in [-0.25, -0.2) is 9.78 Å². The largest absolute Gasteiger partial charge is 0.396 e. The van der Waals surface area contributed by atoms with Crippen LogP contribution >= 0.6 is 11.3 Å². The molecule has 1 fully saturated rings. The Morgan fingerprint density at radius 3 is 2.68 bits per heavy atom. The van der Waals surface area contributed by atoms with Crippen molar-refractivity contribution in [2.45, 2.75) is 33.1 Å². The number of thiazole rings is 1. The lowest BCUT2D eigenvalue weighted by molar-refractivity contribution is 0.203. The molecule has 19 heavy (non-hydrogen) atoms. The highest BCUT2D eigenvalue weighted by Gasteiger charge is 2.42. The molecule has 3 N–H and O–H groups in total. The minimum Gasteiger partial charge on any atom is -0.396 e. The molecule has 2 rings (SSSR count). The normalized spacial score (nSPS) is 16.2. The first-order valence-corrected chi connectivity index (χ1v) is 7.42. The van der Waals surface area contributed by atoms with E-state index in [0.717, 1.165) is 30.0 Å². The zero-order valence-electron chi connectivity index (χ0n) is 11.5. The number of nitrogens with one attached hydrogen (secondary N) is 2. The predicted molar refractivity (Wildman–Crippen MR) is 75.4 cm³/mol. The molecule has 0 unspecified atom stereocenters. The van der Waals surface area contributed by atoms with Gasteiger partial charge < -0.3 is 15.7 Å². The lowest BCUT2D eigenvalue weighted by atomic mass is 10.1. The molecular formula is C13H21N3O2S. The van der Waals surface area contributed by atoms with Gasteiger partial charge in [-0.15, -0.1) is 11.3 Å². The fourth-order valence-corrected chi connectivity index (χ4v) is 2.93. The van der Waals surface area contributed by atoms with E-state index in [2.05, 4.69) is 15.6 Å². The van der Waals surface area contributed by atoms with Gasteiger partial charge in [0, 0.05) is 29.8 Å². The summed E-state index contributed by atoms with van der Waals surface area (Å²) in [5.74, 6) is 0. The number of hydrogen-bond donors (Lipinski definition) is 3. The second-order valence-corrected chi connectivity index (χ2v) is 6.55. The highest BCUT2D eigenvalue weighted by molar-refractivity contribution is 7.11. The van der Waals surface area contributed by atoms with Crippen molar-refractivity contribution in [3.8, 4) is 0 Å². The van der Waals surface area contributed by atoms with Gasteiger partial charge in [-0.05, 0) is 26.7 Å². The summed E-state index contributed by atoms with van der Waals surface area (Å²) in [6, 6.07) is -0.154. The SMILES string of the molecule is Cc1nc(C)c(CCNC(=O)NCC2(CO)CC2)s1. The summed E-state index contributed by atoms with van der Waals surface area (Å²) >= 11 is 1.68. The summed E-state index contributed by atoms with van der Waals surface area (Å²) in [5.41, 5.74) is 1.02. The third kappa shape index (κ3) is 3.91. The Hall–Kier alpha value is -1.14. The van der Waals surface area contributed by atoms with Crippen molar-refractivity contribution < 1.29 is 9.90 Å². The number of aromatic nitrogens is 1. The number of aliphatic hydroxyl groups excluding tert-OH is 1. The number of aryl methyl sites for hydroxylation is 2. The standard InChI is InChI=1S/C13H21N3O2S/c1-9-11(19-10(2)16-9)3-6-14-12(18)15-7-13(8-17)4-5-13/h17H,3-8H2,1-2H3,(H2,14,15,18). The van der Waals surface area contributed by atoms with Gasteiger partial charge in [0.15, 0.2) is 0 Å². The Balaban J connectivity index is 1.65. The Bertz CT molecular complexity index is 455. The molecule has 1 aliphatic carbocycles. The van der Waals surface area contributed by atoms with E-state index in [1.807, 2.05) is 13.8 Å². The van der Waals surface area contributed by atoms with Gasteiger partial charge in [-0.3, -0.25) is 0 Å².